The van der Waals surface area contributed by atoms with Gasteiger partial charge in [-0.1, -0.05) is 6.07 Å². The normalized spacial score (nSPS) is 11.0. The van der Waals surface area contributed by atoms with Crippen LogP contribution < -0.4 is 5.73 Å². The van der Waals surface area contributed by atoms with Crippen molar-refractivity contribution in [2.45, 2.75) is 13.8 Å². The van der Waals surface area contributed by atoms with Gasteiger partial charge in [0.2, 0.25) is 5.95 Å². The first-order valence-electron chi connectivity index (χ1n) is 5.56. The number of aromatic nitrogens is 5. The van der Waals surface area contributed by atoms with E-state index < -0.39 is 0 Å². The fourth-order valence-corrected chi connectivity index (χ4v) is 2.02. The molecule has 18 heavy (non-hydrogen) atoms. The van der Waals surface area contributed by atoms with Gasteiger partial charge >= 0.3 is 0 Å². The summed E-state index contributed by atoms with van der Waals surface area (Å²) >= 11 is 0. The average molecular weight is 240 g/mol. The van der Waals surface area contributed by atoms with Crippen molar-refractivity contribution >= 4 is 11.6 Å². The number of fused-ring (bicyclic) bond motifs is 1. The molecule has 0 unspecified atom stereocenters. The van der Waals surface area contributed by atoms with Gasteiger partial charge in [0, 0.05) is 29.2 Å². The summed E-state index contributed by atoms with van der Waals surface area (Å²) in [6, 6.07) is 3.87. The Morgan fingerprint density at radius 3 is 2.72 bits per heavy atom. The summed E-state index contributed by atoms with van der Waals surface area (Å²) in [4.78, 5) is 8.47. The quantitative estimate of drug-likeness (QED) is 0.695. The highest BCUT2D eigenvalue weighted by molar-refractivity contribution is 5.78. The molecule has 0 saturated heterocycles. The zero-order chi connectivity index (χ0) is 12.7. The lowest BCUT2D eigenvalue weighted by molar-refractivity contribution is 0.994. The van der Waals surface area contributed by atoms with Crippen LogP contribution in [0, 0.1) is 13.8 Å². The number of nitrogen functional groups attached to an aromatic ring is 1. The van der Waals surface area contributed by atoms with Gasteiger partial charge in [0.1, 0.15) is 5.82 Å². The molecular weight excluding hydrogens is 228 g/mol. The largest absolute Gasteiger partial charge is 0.369 e. The smallest absolute Gasteiger partial charge is 0.207 e. The number of nitrogens with two attached hydrogens (primary N) is 1. The van der Waals surface area contributed by atoms with E-state index in [1.807, 2.05) is 26.0 Å². The Morgan fingerprint density at radius 1 is 1.11 bits per heavy atom. The minimum absolute atomic E-state index is 0.387. The topological polar surface area (TPSA) is 82.0 Å². The summed E-state index contributed by atoms with van der Waals surface area (Å²) in [5, 5.41) is 8.21. The molecule has 0 atom stereocenters. The molecule has 0 aliphatic rings. The first-order chi connectivity index (χ1) is 8.68. The SMILES string of the molecule is Cc1ncccc1-c1cnc(N)n2c(C)nnc12. The van der Waals surface area contributed by atoms with Crippen LogP contribution in [0.1, 0.15) is 11.5 Å². The summed E-state index contributed by atoms with van der Waals surface area (Å²) < 4.78 is 1.74. The van der Waals surface area contributed by atoms with Crippen LogP contribution in [0.2, 0.25) is 0 Å². The van der Waals surface area contributed by atoms with E-state index in [0.29, 0.717) is 11.6 Å². The summed E-state index contributed by atoms with van der Waals surface area (Å²) in [5.41, 5.74) is 9.34. The number of nitrogens with zero attached hydrogens (tertiary/aromatic N) is 5. The van der Waals surface area contributed by atoms with Crippen molar-refractivity contribution in [3.63, 3.8) is 0 Å². The second kappa shape index (κ2) is 3.76. The maximum absolute atomic E-state index is 5.84. The van der Waals surface area contributed by atoms with Crippen molar-refractivity contribution in [2.24, 2.45) is 0 Å². The minimum Gasteiger partial charge on any atom is -0.369 e. The molecular formula is C12H12N6. The van der Waals surface area contributed by atoms with E-state index in [4.69, 9.17) is 5.73 Å². The van der Waals surface area contributed by atoms with Crippen molar-refractivity contribution in [3.8, 4) is 11.1 Å². The van der Waals surface area contributed by atoms with Gasteiger partial charge < -0.3 is 5.73 Å². The fourth-order valence-electron chi connectivity index (χ4n) is 2.02. The third kappa shape index (κ3) is 1.42. The first kappa shape index (κ1) is 10.6. The molecule has 0 aliphatic heterocycles. The molecule has 3 aromatic heterocycles. The summed E-state index contributed by atoms with van der Waals surface area (Å²) in [6.45, 7) is 3.79. The lowest BCUT2D eigenvalue weighted by Crippen LogP contribution is -2.03. The molecule has 0 aliphatic carbocycles. The van der Waals surface area contributed by atoms with E-state index in [9.17, 15) is 0 Å². The van der Waals surface area contributed by atoms with E-state index in [1.54, 1.807) is 16.8 Å². The number of hydrogen-bond acceptors (Lipinski definition) is 5. The van der Waals surface area contributed by atoms with Gasteiger partial charge in [-0.05, 0) is 19.9 Å². The summed E-state index contributed by atoms with van der Waals surface area (Å²) in [7, 11) is 0. The Bertz CT molecular complexity index is 731. The lowest BCUT2D eigenvalue weighted by atomic mass is 10.1. The number of pyridine rings is 1. The molecule has 3 heterocycles. The van der Waals surface area contributed by atoms with E-state index in [-0.39, 0.29) is 0 Å². The van der Waals surface area contributed by atoms with Gasteiger partial charge in [-0.25, -0.2) is 9.38 Å². The van der Waals surface area contributed by atoms with Crippen LogP contribution in [-0.2, 0) is 0 Å². The molecule has 0 aromatic carbocycles. The number of aryl methyl sites for hydroxylation is 2. The monoisotopic (exact) mass is 240 g/mol. The Kier molecular flexibility index (Phi) is 2.22. The number of rotatable bonds is 1. The standard InChI is InChI=1S/C12H12N6/c1-7-9(4-3-5-14-7)10-6-15-12(13)18-8(2)16-17-11(10)18/h3-6H,1-2H3,(H2,13,15). The van der Waals surface area contributed by atoms with Crippen molar-refractivity contribution in [1.29, 1.82) is 0 Å². The maximum Gasteiger partial charge on any atom is 0.207 e. The van der Waals surface area contributed by atoms with Gasteiger partial charge in [0.15, 0.2) is 5.65 Å². The van der Waals surface area contributed by atoms with Crippen LogP contribution in [-0.4, -0.2) is 24.6 Å². The molecule has 0 radical (unpaired) electrons. The Morgan fingerprint density at radius 2 is 1.94 bits per heavy atom. The van der Waals surface area contributed by atoms with Crippen LogP contribution in [0.5, 0.6) is 0 Å². The average Bonchev–Trinajstić information content (AvgIpc) is 2.75. The molecule has 0 bridgehead atoms. The summed E-state index contributed by atoms with van der Waals surface area (Å²) in [5.74, 6) is 1.11. The van der Waals surface area contributed by atoms with E-state index >= 15 is 0 Å². The predicted octanol–water partition coefficient (Wildman–Crippen LogP) is 1.39. The Hall–Kier alpha value is -2.50. The molecule has 90 valence electrons. The zero-order valence-corrected chi connectivity index (χ0v) is 10.1. The predicted molar refractivity (Wildman–Crippen MR) is 67.9 cm³/mol. The van der Waals surface area contributed by atoms with E-state index in [1.165, 1.54) is 0 Å². The van der Waals surface area contributed by atoms with Crippen molar-refractivity contribution in [1.82, 2.24) is 24.6 Å². The molecule has 0 fully saturated rings. The van der Waals surface area contributed by atoms with Crippen molar-refractivity contribution in [2.75, 3.05) is 5.73 Å². The van der Waals surface area contributed by atoms with E-state index in [2.05, 4.69) is 20.2 Å². The van der Waals surface area contributed by atoms with Crippen LogP contribution in [0.4, 0.5) is 5.95 Å². The Labute approximate surface area is 104 Å². The second-order valence-corrected chi connectivity index (χ2v) is 4.07. The van der Waals surface area contributed by atoms with Crippen molar-refractivity contribution in [3.05, 3.63) is 36.0 Å². The van der Waals surface area contributed by atoms with Gasteiger partial charge in [-0.3, -0.25) is 4.98 Å². The third-order valence-electron chi connectivity index (χ3n) is 2.92. The molecule has 2 N–H and O–H groups in total. The molecule has 6 heteroatoms. The number of anilines is 1. The van der Waals surface area contributed by atoms with Crippen LogP contribution in [0.3, 0.4) is 0 Å². The highest BCUT2D eigenvalue weighted by Crippen LogP contribution is 2.26. The van der Waals surface area contributed by atoms with Crippen LogP contribution >= 0.6 is 0 Å². The molecule has 0 saturated carbocycles. The zero-order valence-electron chi connectivity index (χ0n) is 10.1. The fraction of sp³-hybridized carbons (Fsp3) is 0.167. The summed E-state index contributed by atoms with van der Waals surface area (Å²) in [6.07, 6.45) is 3.47. The third-order valence-corrected chi connectivity index (χ3v) is 2.92. The van der Waals surface area contributed by atoms with Gasteiger partial charge in [-0.15, -0.1) is 10.2 Å². The molecule has 3 rings (SSSR count). The number of hydrogen-bond donors (Lipinski definition) is 1. The lowest BCUT2D eigenvalue weighted by Gasteiger charge is -2.07. The van der Waals surface area contributed by atoms with Crippen LogP contribution in [0.15, 0.2) is 24.5 Å². The molecule has 0 amide bonds. The van der Waals surface area contributed by atoms with Crippen LogP contribution in [0.25, 0.3) is 16.8 Å². The van der Waals surface area contributed by atoms with Gasteiger partial charge in [0.05, 0.1) is 0 Å². The van der Waals surface area contributed by atoms with Gasteiger partial charge in [-0.2, -0.15) is 0 Å². The molecule has 0 spiro atoms. The van der Waals surface area contributed by atoms with E-state index in [0.717, 1.165) is 22.6 Å². The highest BCUT2D eigenvalue weighted by atomic mass is 15.3. The Balaban J connectivity index is 2.38. The minimum atomic E-state index is 0.387. The molecule has 6 nitrogen and oxygen atoms in total. The van der Waals surface area contributed by atoms with Crippen molar-refractivity contribution < 1.29 is 0 Å². The first-order valence-corrected chi connectivity index (χ1v) is 5.56. The second-order valence-electron chi connectivity index (χ2n) is 4.07. The van der Waals surface area contributed by atoms with Gasteiger partial charge in [0.25, 0.3) is 0 Å². The highest BCUT2D eigenvalue weighted by Gasteiger charge is 2.13. The molecule has 3 aromatic rings. The maximum atomic E-state index is 5.84.